The van der Waals surface area contributed by atoms with Crippen LogP contribution in [0.5, 0.6) is 11.5 Å². The van der Waals surface area contributed by atoms with Gasteiger partial charge in [0.1, 0.15) is 29.8 Å². The van der Waals surface area contributed by atoms with Crippen LogP contribution in [0.1, 0.15) is 33.8 Å². The summed E-state index contributed by atoms with van der Waals surface area (Å²) in [6, 6.07) is 13.5. The Balaban J connectivity index is 1.27. The number of furan rings is 1. The van der Waals surface area contributed by atoms with E-state index in [2.05, 4.69) is 10.6 Å². The number of amides is 2. The van der Waals surface area contributed by atoms with Gasteiger partial charge in [-0.15, -0.1) is 0 Å². The van der Waals surface area contributed by atoms with Gasteiger partial charge in [-0.3, -0.25) is 14.8 Å². The highest BCUT2D eigenvalue weighted by atomic mass is 16.5. The van der Waals surface area contributed by atoms with Crippen LogP contribution in [0.25, 0.3) is 11.0 Å². The molecule has 1 fully saturated rings. The van der Waals surface area contributed by atoms with Gasteiger partial charge in [0.05, 0.1) is 6.54 Å². The van der Waals surface area contributed by atoms with Crippen LogP contribution in [-0.2, 0) is 0 Å². The van der Waals surface area contributed by atoms with Gasteiger partial charge in [0.2, 0.25) is 0 Å². The van der Waals surface area contributed by atoms with Crippen LogP contribution in [0.4, 0.5) is 0 Å². The molecule has 3 aromatic rings. The van der Waals surface area contributed by atoms with Gasteiger partial charge >= 0.3 is 0 Å². The summed E-state index contributed by atoms with van der Waals surface area (Å²) in [5.41, 5.74) is 2.50. The van der Waals surface area contributed by atoms with Crippen molar-refractivity contribution in [1.29, 1.82) is 0 Å². The summed E-state index contributed by atoms with van der Waals surface area (Å²) < 4.78 is 17.3. The fourth-order valence-electron chi connectivity index (χ4n) is 3.50. The molecular formula is C23H25N3O6. The van der Waals surface area contributed by atoms with Crippen molar-refractivity contribution in [3.05, 3.63) is 59.9 Å². The van der Waals surface area contributed by atoms with E-state index in [4.69, 9.17) is 19.1 Å². The zero-order valence-electron chi connectivity index (χ0n) is 17.4. The molecule has 2 amide bonds. The normalized spacial score (nSPS) is 14.2. The second kappa shape index (κ2) is 10.2. The number of hydrogen-bond acceptors (Lipinski definition) is 7. The van der Waals surface area contributed by atoms with E-state index in [1.807, 2.05) is 18.2 Å². The molecular weight excluding hydrogens is 414 g/mol. The van der Waals surface area contributed by atoms with Crippen LogP contribution < -0.4 is 25.6 Å². The van der Waals surface area contributed by atoms with Gasteiger partial charge in [-0.05, 0) is 74.5 Å². The first-order chi connectivity index (χ1) is 15.6. The Labute approximate surface area is 184 Å². The monoisotopic (exact) mass is 439 g/mol. The highest BCUT2D eigenvalue weighted by Gasteiger charge is 2.16. The Morgan fingerprint density at radius 2 is 1.78 bits per heavy atom. The van der Waals surface area contributed by atoms with Gasteiger partial charge in [-0.25, -0.2) is 5.48 Å². The average Bonchev–Trinajstić information content (AvgIpc) is 3.26. The molecule has 1 aliphatic rings. The lowest BCUT2D eigenvalue weighted by molar-refractivity contribution is 0.0706. The first-order valence-corrected chi connectivity index (χ1v) is 10.5. The summed E-state index contributed by atoms with van der Waals surface area (Å²) in [5, 5.41) is 15.5. The molecule has 0 bridgehead atoms. The van der Waals surface area contributed by atoms with Crippen molar-refractivity contribution in [2.24, 2.45) is 0 Å². The molecule has 9 heteroatoms. The molecule has 0 saturated carbocycles. The molecule has 0 spiro atoms. The number of hydrogen-bond donors (Lipinski definition) is 4. The van der Waals surface area contributed by atoms with Crippen molar-refractivity contribution < 1.29 is 28.7 Å². The second-order valence-corrected chi connectivity index (χ2v) is 7.45. The summed E-state index contributed by atoms with van der Waals surface area (Å²) in [6.45, 7) is 2.43. The Hall–Kier alpha value is -3.56. The number of ether oxygens (including phenoxy) is 2. The lowest BCUT2D eigenvalue weighted by Gasteiger charge is -2.23. The van der Waals surface area contributed by atoms with E-state index in [1.54, 1.807) is 23.7 Å². The molecule has 0 unspecified atom stereocenters. The molecule has 32 heavy (non-hydrogen) atoms. The third-order valence-electron chi connectivity index (χ3n) is 5.17. The molecule has 4 rings (SSSR count). The lowest BCUT2D eigenvalue weighted by Crippen LogP contribution is -2.34. The van der Waals surface area contributed by atoms with E-state index in [0.717, 1.165) is 37.1 Å². The number of benzene rings is 2. The van der Waals surface area contributed by atoms with Crippen LogP contribution in [0, 0.1) is 0 Å². The Bertz CT molecular complexity index is 1070. The Morgan fingerprint density at radius 1 is 1.03 bits per heavy atom. The predicted molar refractivity (Wildman–Crippen MR) is 116 cm³/mol. The molecule has 0 atom stereocenters. The largest absolute Gasteiger partial charge is 0.492 e. The van der Waals surface area contributed by atoms with Crippen molar-refractivity contribution in [3.63, 3.8) is 0 Å². The zero-order valence-corrected chi connectivity index (χ0v) is 17.4. The topological polar surface area (TPSA) is 122 Å². The van der Waals surface area contributed by atoms with Crippen LogP contribution in [-0.4, -0.2) is 49.4 Å². The van der Waals surface area contributed by atoms with E-state index in [-0.39, 0.29) is 30.9 Å². The number of fused-ring (bicyclic) bond motifs is 1. The first-order valence-electron chi connectivity index (χ1n) is 10.5. The molecule has 1 saturated heterocycles. The third kappa shape index (κ3) is 5.37. The molecule has 168 valence electrons. The van der Waals surface area contributed by atoms with Gasteiger partial charge in [-0.1, -0.05) is 0 Å². The van der Waals surface area contributed by atoms with Gasteiger partial charge in [0, 0.05) is 10.9 Å². The molecule has 9 nitrogen and oxygen atoms in total. The van der Waals surface area contributed by atoms with Crippen molar-refractivity contribution >= 4 is 22.8 Å². The number of rotatable bonds is 8. The maximum Gasteiger partial charge on any atom is 0.287 e. The third-order valence-corrected chi connectivity index (χ3v) is 5.17. The van der Waals surface area contributed by atoms with Gasteiger partial charge < -0.3 is 24.5 Å². The minimum absolute atomic E-state index is 0.200. The number of hydroxylamine groups is 1. The van der Waals surface area contributed by atoms with Crippen LogP contribution in [0.3, 0.4) is 0 Å². The summed E-state index contributed by atoms with van der Waals surface area (Å²) in [7, 11) is 0. The molecule has 1 aromatic heterocycles. The highest BCUT2D eigenvalue weighted by molar-refractivity contribution is 5.96. The minimum atomic E-state index is -0.598. The zero-order chi connectivity index (χ0) is 22.3. The van der Waals surface area contributed by atoms with Crippen molar-refractivity contribution in [3.8, 4) is 11.5 Å². The molecule has 2 aromatic carbocycles. The molecule has 2 heterocycles. The lowest BCUT2D eigenvalue weighted by atomic mass is 10.1. The molecule has 0 radical (unpaired) electrons. The summed E-state index contributed by atoms with van der Waals surface area (Å²) >= 11 is 0. The van der Waals surface area contributed by atoms with Gasteiger partial charge in [0.25, 0.3) is 11.8 Å². The quantitative estimate of drug-likeness (QED) is 0.242. The fraction of sp³-hybridized carbons (Fsp3) is 0.304. The van der Waals surface area contributed by atoms with E-state index in [1.165, 1.54) is 12.1 Å². The SMILES string of the molecule is O=C(NO)c1ccc(OCCNC(=O)c2cc3cc(OC4CCNCC4)ccc3o2)cc1. The number of nitrogens with one attached hydrogen (secondary N) is 3. The number of piperidine rings is 1. The first kappa shape index (κ1) is 21.7. The van der Waals surface area contributed by atoms with Crippen LogP contribution >= 0.6 is 0 Å². The van der Waals surface area contributed by atoms with E-state index >= 15 is 0 Å². The maximum atomic E-state index is 12.4. The number of carbonyl (C=O) groups excluding carboxylic acids is 2. The summed E-state index contributed by atoms with van der Waals surface area (Å²) in [6.07, 6.45) is 2.15. The van der Waals surface area contributed by atoms with Crippen molar-refractivity contribution in [2.75, 3.05) is 26.2 Å². The highest BCUT2D eigenvalue weighted by Crippen LogP contribution is 2.26. The average molecular weight is 439 g/mol. The number of carbonyl (C=O) groups is 2. The van der Waals surface area contributed by atoms with Crippen LogP contribution in [0.2, 0.25) is 0 Å². The summed E-state index contributed by atoms with van der Waals surface area (Å²) in [4.78, 5) is 23.7. The summed E-state index contributed by atoms with van der Waals surface area (Å²) in [5.74, 6) is 0.602. The Morgan fingerprint density at radius 3 is 2.53 bits per heavy atom. The van der Waals surface area contributed by atoms with Gasteiger partial charge in [0.15, 0.2) is 5.76 Å². The van der Waals surface area contributed by atoms with Crippen molar-refractivity contribution in [2.45, 2.75) is 18.9 Å². The maximum absolute atomic E-state index is 12.4. The smallest absolute Gasteiger partial charge is 0.287 e. The molecule has 0 aliphatic carbocycles. The molecule has 1 aliphatic heterocycles. The van der Waals surface area contributed by atoms with E-state index in [9.17, 15) is 9.59 Å². The minimum Gasteiger partial charge on any atom is -0.492 e. The predicted octanol–water partition coefficient (Wildman–Crippen LogP) is 2.49. The second-order valence-electron chi connectivity index (χ2n) is 7.45. The van der Waals surface area contributed by atoms with Crippen molar-refractivity contribution in [1.82, 2.24) is 16.1 Å². The fourth-order valence-corrected chi connectivity index (χ4v) is 3.50. The van der Waals surface area contributed by atoms with E-state index in [0.29, 0.717) is 16.9 Å². The standard InChI is InChI=1S/C23H25N3O6/c27-22(26-29)15-1-3-17(4-2-15)30-12-11-25-23(28)21-14-16-13-19(5-6-20(16)32-21)31-18-7-9-24-10-8-18/h1-6,13-14,18,24,29H,7-12H2,(H,25,28)(H,26,27). The molecule has 4 N–H and O–H groups in total. The van der Waals surface area contributed by atoms with E-state index < -0.39 is 5.91 Å². The Kier molecular flexibility index (Phi) is 6.88. The van der Waals surface area contributed by atoms with Gasteiger partial charge in [-0.2, -0.15) is 0 Å². The van der Waals surface area contributed by atoms with Crippen LogP contribution in [0.15, 0.2) is 52.9 Å².